The zero-order chi connectivity index (χ0) is 17.4. The van der Waals surface area contributed by atoms with Gasteiger partial charge < -0.3 is 0 Å². The van der Waals surface area contributed by atoms with Crippen LogP contribution in [0.5, 0.6) is 0 Å². The molecule has 3 aromatic rings. The van der Waals surface area contributed by atoms with Crippen molar-refractivity contribution in [1.82, 2.24) is 24.1 Å². The van der Waals surface area contributed by atoms with E-state index in [0.717, 1.165) is 29.7 Å². The van der Waals surface area contributed by atoms with Crippen molar-refractivity contribution in [3.63, 3.8) is 0 Å². The topological polar surface area (TPSA) is 81.0 Å². The maximum Gasteiger partial charge on any atom is 0.243 e. The number of piperidine rings is 1. The Bertz CT molecular complexity index is 1000. The average molecular weight is 357 g/mol. The van der Waals surface area contributed by atoms with E-state index in [-0.39, 0.29) is 5.92 Å². The van der Waals surface area contributed by atoms with Crippen molar-refractivity contribution in [2.45, 2.75) is 23.7 Å². The van der Waals surface area contributed by atoms with Crippen LogP contribution in [0.25, 0.3) is 11.2 Å². The van der Waals surface area contributed by atoms with Gasteiger partial charge in [-0.15, -0.1) is 0 Å². The van der Waals surface area contributed by atoms with E-state index in [9.17, 15) is 8.42 Å². The van der Waals surface area contributed by atoms with Crippen molar-refractivity contribution in [3.8, 4) is 0 Å². The molecule has 0 N–H and O–H groups in total. The van der Waals surface area contributed by atoms with Gasteiger partial charge in [0.05, 0.1) is 10.6 Å². The monoisotopic (exact) mass is 357 g/mol. The van der Waals surface area contributed by atoms with Crippen LogP contribution in [0.2, 0.25) is 0 Å². The summed E-state index contributed by atoms with van der Waals surface area (Å²) in [6.07, 6.45) is 4.98. The summed E-state index contributed by atoms with van der Waals surface area (Å²) in [5.41, 5.74) is 2.31. The Labute approximate surface area is 146 Å². The second-order valence-corrected chi connectivity index (χ2v) is 8.19. The largest absolute Gasteiger partial charge is 0.249 e. The summed E-state index contributed by atoms with van der Waals surface area (Å²) in [6, 6.07) is 8.59. The molecular weight excluding hydrogens is 338 g/mol. The van der Waals surface area contributed by atoms with Gasteiger partial charge in [0, 0.05) is 38.4 Å². The van der Waals surface area contributed by atoms with E-state index in [1.165, 1.54) is 0 Å². The van der Waals surface area contributed by atoms with Crippen LogP contribution in [0.3, 0.4) is 0 Å². The smallest absolute Gasteiger partial charge is 0.243 e. The number of nitrogens with zero attached hydrogens (tertiary/aromatic N) is 5. The van der Waals surface area contributed by atoms with E-state index in [0.29, 0.717) is 18.0 Å². The summed E-state index contributed by atoms with van der Waals surface area (Å²) in [5, 5.41) is 4.57. The Balaban J connectivity index is 1.67. The third-order valence-corrected chi connectivity index (χ3v) is 6.52. The molecule has 1 aliphatic heterocycles. The number of hydrogen-bond donors (Lipinski definition) is 0. The van der Waals surface area contributed by atoms with Gasteiger partial charge in [0.25, 0.3) is 0 Å². The average Bonchev–Trinajstić information content (AvgIpc) is 3.00. The molecule has 8 heteroatoms. The number of fused-ring (bicyclic) bond motifs is 1. The quantitative estimate of drug-likeness (QED) is 0.715. The molecule has 1 atom stereocenters. The van der Waals surface area contributed by atoms with E-state index in [2.05, 4.69) is 15.1 Å². The van der Waals surface area contributed by atoms with Gasteiger partial charge in [0.1, 0.15) is 5.52 Å². The first-order valence-electron chi connectivity index (χ1n) is 8.26. The Morgan fingerprint density at radius 2 is 1.88 bits per heavy atom. The molecule has 0 saturated carbocycles. The number of rotatable bonds is 3. The Hall–Kier alpha value is -2.32. The van der Waals surface area contributed by atoms with Gasteiger partial charge >= 0.3 is 0 Å². The van der Waals surface area contributed by atoms with Crippen LogP contribution in [-0.4, -0.2) is 45.6 Å². The third kappa shape index (κ3) is 2.81. The molecule has 1 aromatic carbocycles. The minimum atomic E-state index is -3.49. The van der Waals surface area contributed by atoms with Crippen LogP contribution in [0.1, 0.15) is 24.5 Å². The van der Waals surface area contributed by atoms with E-state index in [4.69, 9.17) is 0 Å². The number of sulfonamides is 1. The van der Waals surface area contributed by atoms with Crippen LogP contribution in [0.4, 0.5) is 0 Å². The van der Waals surface area contributed by atoms with Crippen LogP contribution >= 0.6 is 0 Å². The summed E-state index contributed by atoms with van der Waals surface area (Å²) >= 11 is 0. The Morgan fingerprint density at radius 3 is 2.68 bits per heavy atom. The first-order chi connectivity index (χ1) is 12.1. The van der Waals surface area contributed by atoms with Crippen molar-refractivity contribution in [2.75, 3.05) is 13.1 Å². The minimum Gasteiger partial charge on any atom is -0.249 e. The molecule has 0 radical (unpaired) electrons. The number of aromatic nitrogens is 4. The SMILES string of the molecule is Cn1nc([C@H]2CCCN(S(=O)(=O)c3ccccc3)C2)c2nccnc21. The highest BCUT2D eigenvalue weighted by Gasteiger charge is 2.33. The standard InChI is InChI=1S/C17H19N5O2S/c1-21-17-16(18-9-10-19-17)15(20-21)13-6-5-11-22(12-13)25(23,24)14-7-3-2-4-8-14/h2-4,7-10,13H,5-6,11-12H2,1H3/t13-/m0/s1. The molecule has 0 amide bonds. The molecule has 25 heavy (non-hydrogen) atoms. The zero-order valence-electron chi connectivity index (χ0n) is 13.9. The highest BCUT2D eigenvalue weighted by atomic mass is 32.2. The molecule has 130 valence electrons. The fourth-order valence-corrected chi connectivity index (χ4v) is 4.95. The van der Waals surface area contributed by atoms with Crippen molar-refractivity contribution in [1.29, 1.82) is 0 Å². The lowest BCUT2D eigenvalue weighted by Gasteiger charge is -2.31. The summed E-state index contributed by atoms with van der Waals surface area (Å²) in [5.74, 6) is 0.0210. The lowest BCUT2D eigenvalue weighted by Crippen LogP contribution is -2.39. The van der Waals surface area contributed by atoms with Crippen LogP contribution in [0.15, 0.2) is 47.6 Å². The molecule has 0 spiro atoms. The van der Waals surface area contributed by atoms with Gasteiger partial charge in [-0.3, -0.25) is 0 Å². The second-order valence-electron chi connectivity index (χ2n) is 6.25. The van der Waals surface area contributed by atoms with Gasteiger partial charge in [-0.05, 0) is 25.0 Å². The van der Waals surface area contributed by atoms with Crippen LogP contribution in [0, 0.1) is 0 Å². The summed E-state index contributed by atoms with van der Waals surface area (Å²) in [6.45, 7) is 0.948. The fourth-order valence-electron chi connectivity index (χ4n) is 3.40. The molecule has 4 rings (SSSR count). The molecule has 1 aliphatic rings. The van der Waals surface area contributed by atoms with Crippen molar-refractivity contribution < 1.29 is 8.42 Å². The summed E-state index contributed by atoms with van der Waals surface area (Å²) in [4.78, 5) is 9.06. The van der Waals surface area contributed by atoms with E-state index >= 15 is 0 Å². The Morgan fingerprint density at radius 1 is 1.12 bits per heavy atom. The molecule has 0 bridgehead atoms. The third-order valence-electron chi connectivity index (χ3n) is 4.64. The summed E-state index contributed by atoms with van der Waals surface area (Å²) in [7, 11) is -1.65. The fraction of sp³-hybridized carbons (Fsp3) is 0.353. The van der Waals surface area contributed by atoms with E-state index in [1.54, 1.807) is 45.6 Å². The van der Waals surface area contributed by atoms with E-state index < -0.39 is 10.0 Å². The zero-order valence-corrected chi connectivity index (χ0v) is 14.7. The summed E-state index contributed by atoms with van der Waals surface area (Å²) < 4.78 is 29.1. The maximum atomic E-state index is 12.9. The van der Waals surface area contributed by atoms with Gasteiger partial charge in [-0.25, -0.2) is 23.1 Å². The highest BCUT2D eigenvalue weighted by molar-refractivity contribution is 7.89. The Kier molecular flexibility index (Phi) is 4.01. The van der Waals surface area contributed by atoms with Gasteiger partial charge in [-0.2, -0.15) is 9.40 Å². The molecule has 7 nitrogen and oxygen atoms in total. The maximum absolute atomic E-state index is 12.9. The normalized spacial score (nSPS) is 19.3. The minimum absolute atomic E-state index is 0.0210. The molecule has 1 saturated heterocycles. The van der Waals surface area contributed by atoms with Crippen molar-refractivity contribution >= 4 is 21.2 Å². The molecule has 3 heterocycles. The second kappa shape index (κ2) is 6.20. The van der Waals surface area contributed by atoms with Gasteiger partial charge in [0.2, 0.25) is 10.0 Å². The number of benzene rings is 1. The lowest BCUT2D eigenvalue weighted by molar-refractivity contribution is 0.312. The number of hydrogen-bond acceptors (Lipinski definition) is 5. The van der Waals surface area contributed by atoms with Crippen LogP contribution < -0.4 is 0 Å². The lowest BCUT2D eigenvalue weighted by atomic mass is 9.96. The molecule has 0 aliphatic carbocycles. The van der Waals surface area contributed by atoms with Crippen molar-refractivity contribution in [2.24, 2.45) is 7.05 Å². The molecule has 1 fully saturated rings. The van der Waals surface area contributed by atoms with Crippen LogP contribution in [-0.2, 0) is 17.1 Å². The molecule has 0 unspecified atom stereocenters. The van der Waals surface area contributed by atoms with Gasteiger partial charge in [-0.1, -0.05) is 18.2 Å². The predicted molar refractivity (Wildman–Crippen MR) is 93.5 cm³/mol. The first-order valence-corrected chi connectivity index (χ1v) is 9.70. The molecular formula is C17H19N5O2S. The predicted octanol–water partition coefficient (Wildman–Crippen LogP) is 1.93. The molecule has 2 aromatic heterocycles. The number of aryl methyl sites for hydroxylation is 1. The first kappa shape index (κ1) is 16.2. The highest BCUT2D eigenvalue weighted by Crippen LogP contribution is 2.32. The van der Waals surface area contributed by atoms with E-state index in [1.807, 2.05) is 13.1 Å². The van der Waals surface area contributed by atoms with Crippen molar-refractivity contribution in [3.05, 3.63) is 48.4 Å². The van der Waals surface area contributed by atoms with Gasteiger partial charge in [0.15, 0.2) is 5.65 Å².